The molecule has 0 fully saturated rings. The lowest BCUT2D eigenvalue weighted by molar-refractivity contribution is -0.890. The summed E-state index contributed by atoms with van der Waals surface area (Å²) in [5.41, 5.74) is 0.351. The lowest BCUT2D eigenvalue weighted by atomic mass is 9.89. The molecule has 0 aliphatic carbocycles. The Labute approximate surface area is 256 Å². The van der Waals surface area contributed by atoms with Gasteiger partial charge in [-0.1, -0.05) is 12.1 Å². The van der Waals surface area contributed by atoms with Crippen LogP contribution in [0.2, 0.25) is 0 Å². The highest BCUT2D eigenvalue weighted by Crippen LogP contribution is 2.43. The normalized spacial score (nSPS) is 14.6. The van der Waals surface area contributed by atoms with Gasteiger partial charge in [0.05, 0.1) is 57.1 Å². The standard InChI is InChI=1S/C29H31F3N6O4.CH2O2/c1-18-24(26(40)42-4)25(23-10-9-19(17-33)15-20(23)11-13-38(2,3)12-6-14-39)37-27(34-35-28(37)41)36(18)22-8-5-7-21(16-22)29(30,31)32;2-1-3/h5,7-10,15-16,25,39H,6,11-14H2,1-4H3;1H,(H,2,3)/t25-;/m1./s1. The Morgan fingerprint density at radius 2 is 1.93 bits per heavy atom. The summed E-state index contributed by atoms with van der Waals surface area (Å²) in [5.74, 6) is -0.786. The monoisotopic (exact) mass is 630 g/mol. The maximum atomic E-state index is 13.6. The Morgan fingerprint density at radius 1 is 1.24 bits per heavy atom. The van der Waals surface area contributed by atoms with E-state index < -0.39 is 35.9 Å². The number of ether oxygens (including phenoxy) is 1. The number of carbonyl (C=O) groups is 2. The van der Waals surface area contributed by atoms with E-state index in [1.54, 1.807) is 25.1 Å². The molecule has 2 heterocycles. The third kappa shape index (κ3) is 7.59. The number of esters is 1. The maximum Gasteiger partial charge on any atom is 0.416 e. The van der Waals surface area contributed by atoms with Crippen molar-refractivity contribution < 1.29 is 42.2 Å². The van der Waals surface area contributed by atoms with Crippen molar-refractivity contribution in [3.8, 4) is 6.07 Å². The largest absolute Gasteiger partial charge is 0.554 e. The first-order valence-electron chi connectivity index (χ1n) is 13.7. The summed E-state index contributed by atoms with van der Waals surface area (Å²) in [7, 11) is 5.21. The smallest absolute Gasteiger partial charge is 0.416 e. The van der Waals surface area contributed by atoms with Crippen LogP contribution in [0.1, 0.15) is 41.6 Å². The second kappa shape index (κ2) is 14.2. The van der Waals surface area contributed by atoms with Gasteiger partial charge in [0.25, 0.3) is 0 Å². The number of rotatable bonds is 9. The molecule has 1 aromatic heterocycles. The summed E-state index contributed by atoms with van der Waals surface area (Å²) in [5, 5.41) is 33.7. The summed E-state index contributed by atoms with van der Waals surface area (Å²) >= 11 is 0. The van der Waals surface area contributed by atoms with Crippen molar-refractivity contribution in [2.45, 2.75) is 32.0 Å². The predicted octanol–water partition coefficient (Wildman–Crippen LogP) is 2.02. The molecule has 3 aromatic rings. The number of carboxylic acid groups (broad SMARTS) is 1. The number of H-pyrrole nitrogens is 1. The number of fused-ring (bicyclic) bond motifs is 1. The lowest BCUT2D eigenvalue weighted by Crippen LogP contribution is -2.42. The first kappa shape index (κ1) is 34.5. The van der Waals surface area contributed by atoms with Crippen LogP contribution in [-0.4, -0.2) is 77.7 Å². The highest BCUT2D eigenvalue weighted by atomic mass is 19.4. The summed E-state index contributed by atoms with van der Waals surface area (Å²) in [4.78, 5) is 36.2. The van der Waals surface area contributed by atoms with Gasteiger partial charge in [-0.15, -0.1) is 5.10 Å². The molecule has 0 radical (unpaired) electrons. The van der Waals surface area contributed by atoms with E-state index in [9.17, 15) is 33.1 Å². The number of anilines is 2. The average Bonchev–Trinajstić information content (AvgIpc) is 3.38. The van der Waals surface area contributed by atoms with Gasteiger partial charge in [0.2, 0.25) is 5.95 Å². The van der Waals surface area contributed by atoms with Gasteiger partial charge >= 0.3 is 17.8 Å². The number of methoxy groups -OCH3 is 1. The first-order valence-corrected chi connectivity index (χ1v) is 13.7. The van der Waals surface area contributed by atoms with Crippen LogP contribution in [0.25, 0.3) is 0 Å². The summed E-state index contributed by atoms with van der Waals surface area (Å²) in [6.07, 6.45) is -3.55. The van der Waals surface area contributed by atoms with Gasteiger partial charge in [0.1, 0.15) is 6.04 Å². The van der Waals surface area contributed by atoms with Crippen molar-refractivity contribution in [2.24, 2.45) is 0 Å². The first-order chi connectivity index (χ1) is 21.2. The molecule has 2 N–H and O–H groups in total. The molecule has 0 saturated carbocycles. The zero-order chi connectivity index (χ0) is 33.5. The third-order valence-corrected chi connectivity index (χ3v) is 7.45. The van der Waals surface area contributed by atoms with Gasteiger partial charge in [-0.3, -0.25) is 4.90 Å². The van der Waals surface area contributed by atoms with E-state index in [2.05, 4.69) is 16.3 Å². The van der Waals surface area contributed by atoms with Gasteiger partial charge in [-0.2, -0.15) is 18.4 Å². The van der Waals surface area contributed by atoms with Crippen molar-refractivity contribution in [2.75, 3.05) is 45.8 Å². The Kier molecular flexibility index (Phi) is 10.9. The molecule has 45 heavy (non-hydrogen) atoms. The zero-order valence-electron chi connectivity index (χ0n) is 25.1. The van der Waals surface area contributed by atoms with E-state index in [0.717, 1.165) is 12.1 Å². The molecule has 2 aromatic carbocycles. The van der Waals surface area contributed by atoms with Crippen LogP contribution in [-0.2, 0) is 26.9 Å². The van der Waals surface area contributed by atoms with Crippen LogP contribution >= 0.6 is 0 Å². The van der Waals surface area contributed by atoms with Gasteiger partial charge < -0.3 is 24.2 Å². The molecule has 0 saturated heterocycles. The Balaban J connectivity index is 0.00000177. The fourth-order valence-corrected chi connectivity index (χ4v) is 5.27. The van der Waals surface area contributed by atoms with Crippen LogP contribution < -0.4 is 15.7 Å². The quantitative estimate of drug-likeness (QED) is 0.205. The number of allylic oxidation sites excluding steroid dienone is 1. The number of quaternary nitrogens is 1. The number of hydrogen-bond donors (Lipinski definition) is 2. The van der Waals surface area contributed by atoms with Crippen molar-refractivity contribution in [3.63, 3.8) is 0 Å². The number of benzene rings is 2. The van der Waals surface area contributed by atoms with Crippen molar-refractivity contribution in [1.82, 2.24) is 14.8 Å². The number of aromatic nitrogens is 3. The minimum absolute atomic E-state index is 0.0103. The maximum absolute atomic E-state index is 13.6. The number of nitrogens with one attached hydrogen (secondary N) is 1. The van der Waals surface area contributed by atoms with E-state index in [-0.39, 0.29) is 29.5 Å². The number of halogens is 3. The van der Waals surface area contributed by atoms with Crippen LogP contribution in [0, 0.1) is 11.3 Å². The highest BCUT2D eigenvalue weighted by Gasteiger charge is 2.41. The highest BCUT2D eigenvalue weighted by molar-refractivity contribution is 5.93. The number of nitrogens with zero attached hydrogens (tertiary/aromatic N) is 5. The Bertz CT molecular complexity index is 1670. The van der Waals surface area contributed by atoms with E-state index >= 15 is 0 Å². The summed E-state index contributed by atoms with van der Waals surface area (Å²) in [6, 6.07) is 10.5. The van der Waals surface area contributed by atoms with Crippen molar-refractivity contribution in [1.29, 1.82) is 5.26 Å². The second-order valence-corrected chi connectivity index (χ2v) is 10.8. The van der Waals surface area contributed by atoms with Crippen LogP contribution in [0.5, 0.6) is 0 Å². The number of alkyl halides is 3. The average molecular weight is 631 g/mol. The molecule has 4 rings (SSSR count). The molecule has 0 amide bonds. The van der Waals surface area contributed by atoms with Crippen molar-refractivity contribution >= 4 is 24.1 Å². The van der Waals surface area contributed by atoms with Crippen LogP contribution in [0.4, 0.5) is 24.8 Å². The van der Waals surface area contributed by atoms with Gasteiger partial charge in [0, 0.05) is 37.3 Å². The van der Waals surface area contributed by atoms with Crippen molar-refractivity contribution in [3.05, 3.63) is 86.5 Å². The second-order valence-electron chi connectivity index (χ2n) is 10.8. The van der Waals surface area contributed by atoms with E-state index in [1.165, 1.54) is 28.7 Å². The summed E-state index contributed by atoms with van der Waals surface area (Å²) < 4.78 is 47.7. The zero-order valence-corrected chi connectivity index (χ0v) is 25.1. The molecule has 1 aliphatic rings. The Hall–Kier alpha value is -4.94. The molecule has 1 aliphatic heterocycles. The SMILES string of the molecule is COC(=O)C1=C(C)N(c2cccc(C(F)(F)F)c2)c2n[nH]c(=O)n2[C@@H]1c1ccc(C#N)cc1CC[N+](C)(C)CCCO.O=C[O-]. The van der Waals surface area contributed by atoms with E-state index in [0.29, 0.717) is 47.1 Å². The molecule has 15 heteroatoms. The number of carbonyl (C=O) groups excluding carboxylic acids is 2. The van der Waals surface area contributed by atoms with Gasteiger partial charge in [0.15, 0.2) is 0 Å². The predicted molar refractivity (Wildman–Crippen MR) is 154 cm³/mol. The van der Waals surface area contributed by atoms with Gasteiger partial charge in [-0.25, -0.2) is 19.3 Å². The topological polar surface area (TPSA) is 164 Å². The fourth-order valence-electron chi connectivity index (χ4n) is 5.27. The number of hydrogen-bond acceptors (Lipinski definition) is 9. The van der Waals surface area contributed by atoms with Crippen LogP contribution in [0.15, 0.2) is 58.5 Å². The molecule has 0 spiro atoms. The number of aromatic amines is 1. The fraction of sp³-hybridized carbons (Fsp3) is 0.367. The summed E-state index contributed by atoms with van der Waals surface area (Å²) in [6.45, 7) is 2.44. The molecular weight excluding hydrogens is 597 g/mol. The minimum Gasteiger partial charge on any atom is -0.554 e. The third-order valence-electron chi connectivity index (χ3n) is 7.45. The molecule has 0 bridgehead atoms. The molecule has 1 atom stereocenters. The van der Waals surface area contributed by atoms with Crippen LogP contribution in [0.3, 0.4) is 0 Å². The number of nitriles is 1. The van der Waals surface area contributed by atoms with Gasteiger partial charge in [-0.05, 0) is 48.4 Å². The number of aliphatic hydroxyl groups is 1. The number of likely N-dealkylation sites (N-methyl/N-ethyl adjacent to an activating group) is 1. The molecule has 12 nitrogen and oxygen atoms in total. The minimum atomic E-state index is -4.62. The molecule has 0 unspecified atom stereocenters. The van der Waals surface area contributed by atoms with E-state index in [4.69, 9.17) is 14.6 Å². The molecular formula is C30H33F3N6O6. The molecule has 240 valence electrons. The number of aliphatic hydroxyl groups excluding tert-OH is 1. The lowest BCUT2D eigenvalue weighted by Gasteiger charge is -2.36. The van der Waals surface area contributed by atoms with E-state index in [1.807, 2.05) is 14.1 Å². The Morgan fingerprint density at radius 3 is 2.53 bits per heavy atom.